The number of aliphatic carboxylic acids is 2. The standard InChI is InChI=1S/C28H44N4O4.C2H2O4/c1-3-30(4-2)20-13-21-31(26(33)24-18-11-12-19-25(24)32(35)36)28(27(29)34,22-14-7-5-8-15-22)23-16-9-6-10-17-23;3-1(4)2(5)6/h11-12,18-19,22-23H,3-10,13-17,20-21H2,1-2H3,(H2,29,34);(H,3,4)(H,5,6). The third kappa shape index (κ3) is 8.50. The summed E-state index contributed by atoms with van der Waals surface area (Å²) in [5.74, 6) is -4.56. The number of carbonyl (C=O) groups excluding carboxylic acids is 2. The number of carbonyl (C=O) groups is 4. The van der Waals surface area contributed by atoms with Gasteiger partial charge in [-0.2, -0.15) is 0 Å². The number of nitro benzene ring substituents is 1. The molecule has 2 aliphatic carbocycles. The van der Waals surface area contributed by atoms with E-state index in [0.717, 1.165) is 83.8 Å². The van der Waals surface area contributed by atoms with E-state index >= 15 is 0 Å². The van der Waals surface area contributed by atoms with Crippen molar-refractivity contribution in [3.8, 4) is 0 Å². The van der Waals surface area contributed by atoms with Gasteiger partial charge in [-0.3, -0.25) is 19.7 Å². The molecule has 12 heteroatoms. The summed E-state index contributed by atoms with van der Waals surface area (Å²) in [7, 11) is 0. The van der Waals surface area contributed by atoms with Gasteiger partial charge in [0.05, 0.1) is 4.92 Å². The first-order valence-corrected chi connectivity index (χ1v) is 15.1. The first-order valence-electron chi connectivity index (χ1n) is 15.1. The molecular formula is C30H46N4O8. The average molecular weight is 591 g/mol. The number of hydrogen-bond acceptors (Lipinski definition) is 7. The third-order valence-corrected chi connectivity index (χ3v) is 8.81. The zero-order valence-corrected chi connectivity index (χ0v) is 24.8. The van der Waals surface area contributed by atoms with Crippen molar-refractivity contribution in [3.05, 3.63) is 39.9 Å². The molecule has 2 fully saturated rings. The van der Waals surface area contributed by atoms with Crippen molar-refractivity contribution in [2.24, 2.45) is 17.6 Å². The third-order valence-electron chi connectivity index (χ3n) is 8.81. The molecule has 2 amide bonds. The molecule has 2 saturated carbocycles. The maximum atomic E-state index is 14.3. The molecule has 2 aliphatic rings. The summed E-state index contributed by atoms with van der Waals surface area (Å²) in [5, 5.41) is 26.6. The molecule has 1 aromatic rings. The van der Waals surface area contributed by atoms with E-state index < -0.39 is 34.2 Å². The van der Waals surface area contributed by atoms with Gasteiger partial charge in [-0.05, 0) is 69.6 Å². The van der Waals surface area contributed by atoms with E-state index in [2.05, 4.69) is 18.7 Å². The van der Waals surface area contributed by atoms with E-state index in [4.69, 9.17) is 25.5 Å². The molecule has 42 heavy (non-hydrogen) atoms. The lowest BCUT2D eigenvalue weighted by Crippen LogP contribution is -2.68. The molecule has 0 bridgehead atoms. The highest BCUT2D eigenvalue weighted by Crippen LogP contribution is 2.47. The lowest BCUT2D eigenvalue weighted by Gasteiger charge is -2.53. The van der Waals surface area contributed by atoms with Crippen LogP contribution in [0.3, 0.4) is 0 Å². The lowest BCUT2D eigenvalue weighted by atomic mass is 9.62. The SMILES string of the molecule is CCN(CC)CCCN(C(=O)c1ccccc1[N+](=O)[O-])C(C(N)=O)(C1CCCCC1)C1CCCCC1.O=C(O)C(=O)O. The van der Waals surface area contributed by atoms with Crippen LogP contribution in [0.5, 0.6) is 0 Å². The van der Waals surface area contributed by atoms with Crippen molar-refractivity contribution < 1.29 is 34.3 Å². The number of primary amides is 1. The number of nitro groups is 1. The Labute approximate surface area is 247 Å². The lowest BCUT2D eigenvalue weighted by molar-refractivity contribution is -0.385. The highest BCUT2D eigenvalue weighted by molar-refractivity contribution is 6.27. The van der Waals surface area contributed by atoms with E-state index in [1.807, 2.05) is 0 Å². The van der Waals surface area contributed by atoms with Crippen molar-refractivity contribution in [3.63, 3.8) is 0 Å². The largest absolute Gasteiger partial charge is 0.473 e. The Bertz CT molecular complexity index is 1050. The smallest absolute Gasteiger partial charge is 0.414 e. The molecule has 0 unspecified atom stereocenters. The minimum atomic E-state index is -1.82. The van der Waals surface area contributed by atoms with Crippen molar-refractivity contribution in [1.82, 2.24) is 9.80 Å². The minimum Gasteiger partial charge on any atom is -0.473 e. The molecule has 0 spiro atoms. The number of carboxylic acid groups (broad SMARTS) is 2. The average Bonchev–Trinajstić information content (AvgIpc) is 2.99. The molecule has 234 valence electrons. The second-order valence-corrected chi connectivity index (χ2v) is 11.1. The van der Waals surface area contributed by atoms with Gasteiger partial charge in [0.2, 0.25) is 5.91 Å². The molecule has 3 rings (SSSR count). The zero-order valence-electron chi connectivity index (χ0n) is 24.8. The van der Waals surface area contributed by atoms with Crippen LogP contribution in [-0.2, 0) is 14.4 Å². The van der Waals surface area contributed by atoms with E-state index in [9.17, 15) is 19.7 Å². The number of hydrogen-bond donors (Lipinski definition) is 3. The summed E-state index contributed by atoms with van der Waals surface area (Å²) in [4.78, 5) is 61.6. The van der Waals surface area contributed by atoms with Crippen LogP contribution in [0.4, 0.5) is 5.69 Å². The molecule has 12 nitrogen and oxygen atoms in total. The number of rotatable bonds is 12. The van der Waals surface area contributed by atoms with Crippen LogP contribution in [0.2, 0.25) is 0 Å². The van der Waals surface area contributed by atoms with Crippen LogP contribution in [0, 0.1) is 22.0 Å². The number of nitrogens with two attached hydrogens (primary N) is 1. The predicted molar refractivity (Wildman–Crippen MR) is 157 cm³/mol. The van der Waals surface area contributed by atoms with E-state index in [1.54, 1.807) is 17.0 Å². The van der Waals surface area contributed by atoms with Crippen LogP contribution in [0.15, 0.2) is 24.3 Å². The van der Waals surface area contributed by atoms with Gasteiger partial charge in [0.15, 0.2) is 0 Å². The minimum absolute atomic E-state index is 0.0213. The van der Waals surface area contributed by atoms with Crippen LogP contribution < -0.4 is 5.73 Å². The first kappa shape index (κ1) is 34.7. The number of benzene rings is 1. The van der Waals surface area contributed by atoms with E-state index in [-0.39, 0.29) is 23.1 Å². The Balaban J connectivity index is 0.000000928. The van der Waals surface area contributed by atoms with Crippen LogP contribution in [0.25, 0.3) is 0 Å². The van der Waals surface area contributed by atoms with Crippen molar-refractivity contribution in [2.75, 3.05) is 26.2 Å². The quantitative estimate of drug-likeness (QED) is 0.181. The maximum Gasteiger partial charge on any atom is 0.414 e. The summed E-state index contributed by atoms with van der Waals surface area (Å²) in [6, 6.07) is 6.12. The van der Waals surface area contributed by atoms with Gasteiger partial charge in [0, 0.05) is 12.6 Å². The second-order valence-electron chi connectivity index (χ2n) is 11.1. The van der Waals surface area contributed by atoms with Gasteiger partial charge in [0.25, 0.3) is 11.6 Å². The highest BCUT2D eigenvalue weighted by atomic mass is 16.6. The van der Waals surface area contributed by atoms with E-state index in [1.165, 1.54) is 12.1 Å². The van der Waals surface area contributed by atoms with Crippen molar-refractivity contribution in [1.29, 1.82) is 0 Å². The Morgan fingerprint density at radius 1 is 0.881 bits per heavy atom. The topological polar surface area (TPSA) is 184 Å². The fraction of sp³-hybridized carbons (Fsp3) is 0.667. The van der Waals surface area contributed by atoms with Crippen LogP contribution >= 0.6 is 0 Å². The summed E-state index contributed by atoms with van der Waals surface area (Å²) in [6.07, 6.45) is 10.4. The Morgan fingerprint density at radius 2 is 1.36 bits per heavy atom. The molecule has 1 aromatic carbocycles. The molecule has 0 aliphatic heterocycles. The van der Waals surface area contributed by atoms with Crippen molar-refractivity contribution in [2.45, 2.75) is 90.0 Å². The first-order chi connectivity index (χ1) is 20.0. The monoisotopic (exact) mass is 590 g/mol. The van der Waals surface area contributed by atoms with Gasteiger partial charge < -0.3 is 25.7 Å². The van der Waals surface area contributed by atoms with Crippen LogP contribution in [-0.4, -0.2) is 80.4 Å². The molecule has 0 radical (unpaired) electrons. The predicted octanol–water partition coefficient (Wildman–Crippen LogP) is 4.31. The molecule has 0 heterocycles. The number of amides is 2. The Morgan fingerprint density at radius 3 is 1.76 bits per heavy atom. The molecule has 0 atom stereocenters. The van der Waals surface area contributed by atoms with Gasteiger partial charge in [-0.25, -0.2) is 9.59 Å². The number of carboxylic acids is 2. The number of para-hydroxylation sites is 1. The maximum absolute atomic E-state index is 14.3. The summed E-state index contributed by atoms with van der Waals surface area (Å²) in [6.45, 7) is 7.17. The fourth-order valence-electron chi connectivity index (χ4n) is 6.80. The molecular weight excluding hydrogens is 544 g/mol. The Kier molecular flexibility index (Phi) is 13.9. The molecule has 4 N–H and O–H groups in total. The molecule has 0 saturated heterocycles. The van der Waals surface area contributed by atoms with Gasteiger partial charge in [-0.1, -0.05) is 64.5 Å². The second kappa shape index (κ2) is 16.8. The summed E-state index contributed by atoms with van der Waals surface area (Å²) < 4.78 is 0. The number of nitrogens with zero attached hydrogens (tertiary/aromatic N) is 3. The Hall–Kier alpha value is -3.54. The van der Waals surface area contributed by atoms with Gasteiger partial charge in [0.1, 0.15) is 11.1 Å². The van der Waals surface area contributed by atoms with E-state index in [0.29, 0.717) is 13.0 Å². The summed E-state index contributed by atoms with van der Waals surface area (Å²) in [5.41, 5.74) is 5.06. The molecule has 0 aromatic heterocycles. The normalized spacial score (nSPS) is 16.3. The van der Waals surface area contributed by atoms with Gasteiger partial charge >= 0.3 is 11.9 Å². The van der Waals surface area contributed by atoms with Gasteiger partial charge in [-0.15, -0.1) is 0 Å². The van der Waals surface area contributed by atoms with Crippen molar-refractivity contribution >= 4 is 29.4 Å². The zero-order chi connectivity index (χ0) is 31.3. The highest BCUT2D eigenvalue weighted by Gasteiger charge is 2.56. The fourth-order valence-corrected chi connectivity index (χ4v) is 6.80. The van der Waals surface area contributed by atoms with Crippen LogP contribution in [0.1, 0.15) is 94.8 Å². The summed E-state index contributed by atoms with van der Waals surface area (Å²) >= 11 is 0.